The van der Waals surface area contributed by atoms with E-state index in [1.165, 1.54) is 40.4 Å². The molecule has 2 aromatic rings. The monoisotopic (exact) mass is 668 g/mol. The van der Waals surface area contributed by atoms with Gasteiger partial charge in [0.25, 0.3) is 0 Å². The Balaban J connectivity index is 0.000000662. The molecule has 0 N–H and O–H groups in total. The van der Waals surface area contributed by atoms with E-state index < -0.39 is 0 Å². The maximum Gasteiger partial charge on any atom is 0.178 e. The SMILES string of the molecule is CC1(C)CB(C2=C(c3ccccc3)[C@@H]3CCCC(=O)[C@@H]3C(B3CC(C)(C)C(C)(C)C3)=C2c2ccccc2)CC1(C)C.[CH]1C=CC=C1.[Co]. The van der Waals surface area contributed by atoms with Gasteiger partial charge in [-0.25, -0.2) is 0 Å². The van der Waals surface area contributed by atoms with Gasteiger partial charge in [0.2, 0.25) is 0 Å². The molecular formula is C43H55B2CoO. The predicted molar refractivity (Wildman–Crippen MR) is 201 cm³/mol. The molecular weight excluding hydrogens is 613 g/mol. The number of rotatable bonds is 4. The number of hydrogen-bond donors (Lipinski definition) is 0. The van der Waals surface area contributed by atoms with Gasteiger partial charge < -0.3 is 0 Å². The van der Waals surface area contributed by atoms with Gasteiger partial charge >= 0.3 is 0 Å². The molecule has 0 amide bonds. The van der Waals surface area contributed by atoms with Crippen LogP contribution in [0.1, 0.15) is 85.8 Å². The molecule has 0 unspecified atom stereocenters. The number of ketones is 1. The predicted octanol–water partition coefficient (Wildman–Crippen LogP) is 11.4. The number of carbonyl (C=O) groups is 1. The topological polar surface area (TPSA) is 17.1 Å². The molecule has 47 heavy (non-hydrogen) atoms. The Bertz CT molecular complexity index is 1530. The van der Waals surface area contributed by atoms with Crippen molar-refractivity contribution in [1.29, 1.82) is 0 Å². The van der Waals surface area contributed by atoms with Crippen LogP contribution in [0.15, 0.2) is 95.9 Å². The summed E-state index contributed by atoms with van der Waals surface area (Å²) in [7, 11) is 0. The van der Waals surface area contributed by atoms with Crippen molar-refractivity contribution < 1.29 is 21.6 Å². The maximum absolute atomic E-state index is 14.2. The molecule has 7 rings (SSSR count). The number of hydrogen-bond acceptors (Lipinski definition) is 1. The summed E-state index contributed by atoms with van der Waals surface area (Å²) >= 11 is 0. The van der Waals surface area contributed by atoms with Crippen molar-refractivity contribution in [1.82, 2.24) is 0 Å². The largest absolute Gasteiger partial charge is 0.299 e. The Morgan fingerprint density at radius 2 is 1.09 bits per heavy atom. The first kappa shape index (κ1) is 36.0. The van der Waals surface area contributed by atoms with E-state index >= 15 is 0 Å². The van der Waals surface area contributed by atoms with Gasteiger partial charge in [-0.2, -0.15) is 0 Å². The maximum atomic E-state index is 14.2. The summed E-state index contributed by atoms with van der Waals surface area (Å²) in [6.45, 7) is 20.7. The molecule has 2 heterocycles. The Labute approximate surface area is 297 Å². The van der Waals surface area contributed by atoms with Crippen molar-refractivity contribution in [2.45, 2.75) is 99.9 Å². The average Bonchev–Trinajstić information content (AvgIpc) is 3.71. The minimum Gasteiger partial charge on any atom is -0.299 e. The van der Waals surface area contributed by atoms with Crippen molar-refractivity contribution in [3.05, 3.63) is 113 Å². The molecule has 2 aliphatic heterocycles. The van der Waals surface area contributed by atoms with Gasteiger partial charge in [-0.3, -0.25) is 4.79 Å². The molecule has 2 radical (unpaired) electrons. The van der Waals surface area contributed by atoms with Gasteiger partial charge in [-0.1, -0.05) is 177 Å². The van der Waals surface area contributed by atoms with Gasteiger partial charge in [0, 0.05) is 35.5 Å². The molecule has 1 nitrogen and oxygen atoms in total. The van der Waals surface area contributed by atoms with Gasteiger partial charge in [0.1, 0.15) is 5.78 Å². The van der Waals surface area contributed by atoms with Crippen LogP contribution in [0.4, 0.5) is 0 Å². The van der Waals surface area contributed by atoms with Gasteiger partial charge in [-0.15, -0.1) is 0 Å². The Morgan fingerprint density at radius 3 is 1.55 bits per heavy atom. The van der Waals surface area contributed by atoms with Crippen LogP contribution in [-0.4, -0.2) is 19.2 Å². The minimum atomic E-state index is 0. The third-order valence-electron chi connectivity index (χ3n) is 13.5. The minimum absolute atomic E-state index is 0. The Hall–Kier alpha value is -2.29. The van der Waals surface area contributed by atoms with E-state index in [1.54, 1.807) is 5.47 Å². The standard InChI is InChI=1S/C38H50B2O.C5H5.Co/c1-35(2)22-39(23-36(35,3)4)33-30(26-16-11-9-12-17-26)28-20-15-21-29(41)32(28)34(31(33)27-18-13-10-14-19-27)40-24-37(5,6)38(7,8)25-40;1-2-4-5-3-1;/h9-14,16-19,28,32H,15,20-25H2,1-8H3;1-5H;/t28-,32+;;/m0../s1. The van der Waals surface area contributed by atoms with Crippen LogP contribution in [0, 0.1) is 39.9 Å². The zero-order valence-corrected chi connectivity index (χ0v) is 31.2. The average molecular weight is 668 g/mol. The summed E-state index contributed by atoms with van der Waals surface area (Å²) in [5.41, 5.74) is 9.72. The van der Waals surface area contributed by atoms with Crippen LogP contribution >= 0.6 is 0 Å². The van der Waals surface area contributed by atoms with Crippen LogP contribution in [0.3, 0.4) is 0 Å². The molecule has 0 spiro atoms. The summed E-state index contributed by atoms with van der Waals surface area (Å²) < 4.78 is 0. The van der Waals surface area contributed by atoms with Gasteiger partial charge in [-0.05, 0) is 62.7 Å². The molecule has 4 heteroatoms. The molecule has 3 aliphatic carbocycles. The first-order valence-electron chi connectivity index (χ1n) is 18.0. The van der Waals surface area contributed by atoms with Crippen molar-refractivity contribution in [2.75, 3.05) is 0 Å². The van der Waals surface area contributed by atoms with Crippen molar-refractivity contribution in [3.63, 3.8) is 0 Å². The normalized spacial score (nSPS) is 26.6. The van der Waals surface area contributed by atoms with E-state index in [9.17, 15) is 4.79 Å². The van der Waals surface area contributed by atoms with E-state index in [1.807, 2.05) is 30.7 Å². The van der Waals surface area contributed by atoms with Crippen LogP contribution < -0.4 is 0 Å². The molecule has 0 aromatic heterocycles. The number of carbonyl (C=O) groups excluding carboxylic acids is 1. The van der Waals surface area contributed by atoms with Gasteiger partial charge in [0.05, 0.1) is 0 Å². The second-order valence-corrected chi connectivity index (χ2v) is 17.5. The summed E-state index contributed by atoms with van der Waals surface area (Å²) in [5, 5.41) is 0. The second kappa shape index (κ2) is 13.5. The number of benzene rings is 2. The fourth-order valence-corrected chi connectivity index (χ4v) is 9.64. The molecule has 0 bridgehead atoms. The molecule has 1 saturated carbocycles. The van der Waals surface area contributed by atoms with Crippen molar-refractivity contribution in [3.8, 4) is 0 Å². The zero-order chi connectivity index (χ0) is 32.9. The summed E-state index contributed by atoms with van der Waals surface area (Å²) in [4.78, 5) is 14.2. The van der Waals surface area contributed by atoms with E-state index in [4.69, 9.17) is 0 Å². The van der Waals surface area contributed by atoms with Crippen LogP contribution in [0.25, 0.3) is 11.1 Å². The summed E-state index contributed by atoms with van der Waals surface area (Å²) in [6, 6.07) is 22.4. The fraction of sp³-hybridized carbons (Fsp3) is 0.488. The first-order chi connectivity index (χ1) is 21.7. The van der Waals surface area contributed by atoms with Gasteiger partial charge in [0.15, 0.2) is 13.4 Å². The fourth-order valence-electron chi connectivity index (χ4n) is 9.64. The Morgan fingerprint density at radius 1 is 0.617 bits per heavy atom. The molecule has 3 fully saturated rings. The third-order valence-corrected chi connectivity index (χ3v) is 13.5. The zero-order valence-electron chi connectivity index (χ0n) is 30.2. The molecule has 2 saturated heterocycles. The van der Waals surface area contributed by atoms with E-state index in [2.05, 4.69) is 116 Å². The van der Waals surface area contributed by atoms with E-state index in [-0.39, 0.29) is 50.3 Å². The second-order valence-electron chi connectivity index (χ2n) is 17.5. The van der Waals surface area contributed by atoms with Crippen molar-refractivity contribution in [2.24, 2.45) is 33.5 Å². The quantitative estimate of drug-likeness (QED) is 0.297. The van der Waals surface area contributed by atoms with Crippen LogP contribution in [0.5, 0.6) is 0 Å². The Kier molecular flexibility index (Phi) is 10.4. The van der Waals surface area contributed by atoms with E-state index in [0.29, 0.717) is 19.2 Å². The molecule has 2 aromatic carbocycles. The number of allylic oxidation sites excluding steroid dienone is 8. The summed E-state index contributed by atoms with van der Waals surface area (Å²) in [5.74, 6) is 0.788. The first-order valence-corrected chi connectivity index (χ1v) is 18.0. The molecule has 248 valence electrons. The van der Waals surface area contributed by atoms with Crippen LogP contribution in [0.2, 0.25) is 25.3 Å². The smallest absolute Gasteiger partial charge is 0.178 e. The number of Topliss-reactive ketones (excluding diaryl/α,β-unsaturated/α-hetero) is 1. The van der Waals surface area contributed by atoms with Crippen LogP contribution in [-0.2, 0) is 21.6 Å². The molecule has 2 atom stereocenters. The number of fused-ring (bicyclic) bond motifs is 1. The summed E-state index contributed by atoms with van der Waals surface area (Å²) in [6.07, 6.45) is 17.6. The van der Waals surface area contributed by atoms with E-state index in [0.717, 1.165) is 31.9 Å². The van der Waals surface area contributed by atoms with Crippen molar-refractivity contribution >= 4 is 30.4 Å². The third kappa shape index (κ3) is 6.68. The molecule has 5 aliphatic rings.